The van der Waals surface area contributed by atoms with Crippen molar-refractivity contribution in [2.75, 3.05) is 12.3 Å². The number of hydrogen-bond acceptors (Lipinski definition) is 2. The van der Waals surface area contributed by atoms with Gasteiger partial charge in [-0.1, -0.05) is 12.2 Å². The van der Waals surface area contributed by atoms with Crippen LogP contribution in [-0.4, -0.2) is 6.54 Å². The van der Waals surface area contributed by atoms with Gasteiger partial charge in [0.15, 0.2) is 11.6 Å². The lowest BCUT2D eigenvalue weighted by molar-refractivity contribution is 0.507. The van der Waals surface area contributed by atoms with Crippen LogP contribution in [0.5, 0.6) is 0 Å². The van der Waals surface area contributed by atoms with E-state index in [2.05, 4.69) is 0 Å². The van der Waals surface area contributed by atoms with Crippen LogP contribution in [0.2, 0.25) is 0 Å². The summed E-state index contributed by atoms with van der Waals surface area (Å²) < 4.78 is 25.9. The van der Waals surface area contributed by atoms with Crippen LogP contribution >= 0.6 is 0 Å². The number of rotatable bonds is 3. The fraction of sp³-hybridized carbons (Fsp3) is 0.200. The van der Waals surface area contributed by atoms with Crippen LogP contribution in [0.25, 0.3) is 6.08 Å². The number of nitrogens with two attached hydrogens (primary N) is 2. The van der Waals surface area contributed by atoms with Crippen molar-refractivity contribution in [3.05, 3.63) is 35.4 Å². The molecule has 0 atom stereocenters. The summed E-state index contributed by atoms with van der Waals surface area (Å²) in [6, 6.07) is 2.34. The Bertz CT molecular complexity index is 348. The summed E-state index contributed by atoms with van der Waals surface area (Å²) >= 11 is 0. The molecule has 0 bridgehead atoms. The van der Waals surface area contributed by atoms with Gasteiger partial charge < -0.3 is 11.5 Å². The van der Waals surface area contributed by atoms with Crippen LogP contribution in [0, 0.1) is 11.6 Å². The van der Waals surface area contributed by atoms with Gasteiger partial charge in [-0.2, -0.15) is 0 Å². The van der Waals surface area contributed by atoms with Crippen LogP contribution in [-0.2, 0) is 0 Å². The average Bonchev–Trinajstić information content (AvgIpc) is 2.18. The smallest absolute Gasteiger partial charge is 0.168 e. The molecule has 0 aromatic heterocycles. The van der Waals surface area contributed by atoms with Crippen molar-refractivity contribution in [2.24, 2.45) is 5.73 Å². The summed E-state index contributed by atoms with van der Waals surface area (Å²) in [6.07, 6.45) is 3.71. The molecule has 0 amide bonds. The summed E-state index contributed by atoms with van der Waals surface area (Å²) in [5, 5.41) is 0. The molecule has 2 nitrogen and oxygen atoms in total. The first kappa shape index (κ1) is 10.7. The van der Waals surface area contributed by atoms with Crippen molar-refractivity contribution < 1.29 is 8.78 Å². The Morgan fingerprint density at radius 3 is 2.64 bits per heavy atom. The van der Waals surface area contributed by atoms with Crippen molar-refractivity contribution >= 4 is 11.8 Å². The molecule has 0 aliphatic rings. The Labute approximate surface area is 81.2 Å². The predicted octanol–water partition coefficient (Wildman–Crippen LogP) is 1.91. The van der Waals surface area contributed by atoms with E-state index in [1.54, 1.807) is 6.08 Å². The molecule has 1 rings (SSSR count). The molecule has 0 unspecified atom stereocenters. The van der Waals surface area contributed by atoms with E-state index in [0.717, 1.165) is 6.07 Å². The SMILES string of the molecule is NCCC=Cc1c(N)ccc(F)c1F. The third kappa shape index (κ3) is 2.29. The van der Waals surface area contributed by atoms with Gasteiger partial charge in [-0.05, 0) is 25.1 Å². The third-order valence-corrected chi connectivity index (χ3v) is 1.78. The Hall–Kier alpha value is -1.42. The zero-order valence-electron chi connectivity index (χ0n) is 7.63. The molecule has 4 N–H and O–H groups in total. The van der Waals surface area contributed by atoms with E-state index in [1.165, 1.54) is 12.1 Å². The number of anilines is 1. The Kier molecular flexibility index (Phi) is 3.59. The monoisotopic (exact) mass is 198 g/mol. The number of hydrogen-bond donors (Lipinski definition) is 2. The number of benzene rings is 1. The number of halogens is 2. The second-order valence-corrected chi connectivity index (χ2v) is 2.84. The van der Waals surface area contributed by atoms with E-state index in [1.807, 2.05) is 0 Å². The van der Waals surface area contributed by atoms with E-state index in [0.29, 0.717) is 13.0 Å². The molecule has 14 heavy (non-hydrogen) atoms. The van der Waals surface area contributed by atoms with E-state index in [4.69, 9.17) is 11.5 Å². The van der Waals surface area contributed by atoms with Crippen molar-refractivity contribution in [3.63, 3.8) is 0 Å². The van der Waals surface area contributed by atoms with Crippen LogP contribution in [0.3, 0.4) is 0 Å². The van der Waals surface area contributed by atoms with Crippen LogP contribution in [0.4, 0.5) is 14.5 Å². The van der Waals surface area contributed by atoms with Crippen molar-refractivity contribution in [1.29, 1.82) is 0 Å². The highest BCUT2D eigenvalue weighted by Crippen LogP contribution is 2.20. The highest BCUT2D eigenvalue weighted by atomic mass is 19.2. The molecule has 0 spiro atoms. The second-order valence-electron chi connectivity index (χ2n) is 2.84. The largest absolute Gasteiger partial charge is 0.398 e. The van der Waals surface area contributed by atoms with Gasteiger partial charge in [0.25, 0.3) is 0 Å². The van der Waals surface area contributed by atoms with Crippen molar-refractivity contribution in [1.82, 2.24) is 0 Å². The van der Waals surface area contributed by atoms with Crippen molar-refractivity contribution in [2.45, 2.75) is 6.42 Å². The minimum absolute atomic E-state index is 0.0819. The quantitative estimate of drug-likeness (QED) is 0.729. The van der Waals surface area contributed by atoms with Crippen LogP contribution < -0.4 is 11.5 Å². The van der Waals surface area contributed by atoms with Gasteiger partial charge >= 0.3 is 0 Å². The maximum absolute atomic E-state index is 13.2. The lowest BCUT2D eigenvalue weighted by Crippen LogP contribution is -1.97. The van der Waals surface area contributed by atoms with E-state index in [9.17, 15) is 8.78 Å². The molecule has 1 aromatic carbocycles. The molecule has 0 saturated carbocycles. The van der Waals surface area contributed by atoms with Gasteiger partial charge in [0.2, 0.25) is 0 Å². The Morgan fingerprint density at radius 1 is 1.29 bits per heavy atom. The summed E-state index contributed by atoms with van der Waals surface area (Å²) in [6.45, 7) is 0.466. The molecule has 4 heteroatoms. The Balaban J connectivity index is 3.00. The summed E-state index contributed by atoms with van der Waals surface area (Å²) in [4.78, 5) is 0. The summed E-state index contributed by atoms with van der Waals surface area (Å²) in [7, 11) is 0. The molecule has 0 heterocycles. The molecule has 76 valence electrons. The zero-order chi connectivity index (χ0) is 10.6. The van der Waals surface area contributed by atoms with Crippen LogP contribution in [0.1, 0.15) is 12.0 Å². The average molecular weight is 198 g/mol. The summed E-state index contributed by atoms with van der Waals surface area (Å²) in [5.41, 5.74) is 11.0. The maximum Gasteiger partial charge on any atom is 0.168 e. The van der Waals surface area contributed by atoms with E-state index >= 15 is 0 Å². The molecule has 1 aromatic rings. The molecule has 0 saturated heterocycles. The second kappa shape index (κ2) is 4.72. The molecule has 0 fully saturated rings. The van der Waals surface area contributed by atoms with Gasteiger partial charge in [0.1, 0.15) is 0 Å². The van der Waals surface area contributed by atoms with Gasteiger partial charge in [0, 0.05) is 11.3 Å². The number of nitrogen functional groups attached to an aromatic ring is 1. The fourth-order valence-corrected chi connectivity index (χ4v) is 1.05. The fourth-order valence-electron chi connectivity index (χ4n) is 1.05. The minimum Gasteiger partial charge on any atom is -0.398 e. The van der Waals surface area contributed by atoms with Gasteiger partial charge in [0.05, 0.1) is 0 Å². The van der Waals surface area contributed by atoms with Crippen molar-refractivity contribution in [3.8, 4) is 0 Å². The first-order chi connectivity index (χ1) is 6.66. The zero-order valence-corrected chi connectivity index (χ0v) is 7.63. The lowest BCUT2D eigenvalue weighted by atomic mass is 10.1. The highest BCUT2D eigenvalue weighted by molar-refractivity contribution is 5.64. The van der Waals surface area contributed by atoms with Gasteiger partial charge in [-0.3, -0.25) is 0 Å². The lowest BCUT2D eigenvalue weighted by Gasteiger charge is -2.02. The minimum atomic E-state index is -0.918. The Morgan fingerprint density at radius 2 is 2.00 bits per heavy atom. The van der Waals surface area contributed by atoms with Crippen LogP contribution in [0.15, 0.2) is 18.2 Å². The first-order valence-corrected chi connectivity index (χ1v) is 4.27. The van der Waals surface area contributed by atoms with E-state index < -0.39 is 11.6 Å². The predicted molar refractivity (Wildman–Crippen MR) is 53.5 cm³/mol. The topological polar surface area (TPSA) is 52.0 Å². The first-order valence-electron chi connectivity index (χ1n) is 4.27. The van der Waals surface area contributed by atoms with Gasteiger partial charge in [-0.25, -0.2) is 8.78 Å². The normalized spacial score (nSPS) is 11.1. The third-order valence-electron chi connectivity index (χ3n) is 1.78. The molecular formula is C10H12F2N2. The molecule has 0 aliphatic carbocycles. The molecule has 0 radical (unpaired) electrons. The molecular weight excluding hydrogens is 186 g/mol. The molecule has 0 aliphatic heterocycles. The maximum atomic E-state index is 13.2. The van der Waals surface area contributed by atoms with Gasteiger partial charge in [-0.15, -0.1) is 0 Å². The van der Waals surface area contributed by atoms with E-state index in [-0.39, 0.29) is 11.3 Å². The standard InChI is InChI=1S/C10H12F2N2/c11-8-4-5-9(14)7(10(8)12)3-1-2-6-13/h1,3-5H,2,6,13-14H2. The summed E-state index contributed by atoms with van der Waals surface area (Å²) in [5.74, 6) is -1.81. The highest BCUT2D eigenvalue weighted by Gasteiger charge is 2.08.